The van der Waals surface area contributed by atoms with E-state index in [0.29, 0.717) is 0 Å². The number of nitrogens with zero attached hydrogens (tertiary/aromatic N) is 2. The van der Waals surface area contributed by atoms with Gasteiger partial charge in [0.25, 0.3) is 0 Å². The lowest BCUT2D eigenvalue weighted by molar-refractivity contribution is -0.0916. The van der Waals surface area contributed by atoms with E-state index in [1.54, 1.807) is 0 Å². The van der Waals surface area contributed by atoms with Crippen molar-refractivity contribution in [1.29, 1.82) is 0 Å². The molecule has 0 saturated carbocycles. The van der Waals surface area contributed by atoms with Gasteiger partial charge in [-0.3, -0.25) is 4.57 Å². The maximum atomic E-state index is 11.8. The summed E-state index contributed by atoms with van der Waals surface area (Å²) in [5.74, 6) is 1.65. The maximum Gasteiger partial charge on any atom is 0.351 e. The summed E-state index contributed by atoms with van der Waals surface area (Å²) in [6.45, 7) is 3.02. The van der Waals surface area contributed by atoms with Gasteiger partial charge in [-0.1, -0.05) is 12.0 Å². The molecule has 0 radical (unpaired) electrons. The third-order valence-corrected chi connectivity index (χ3v) is 3.38. The van der Waals surface area contributed by atoms with E-state index in [0.717, 1.165) is 4.57 Å². The molecule has 1 fully saturated rings. The van der Waals surface area contributed by atoms with Gasteiger partial charge in [0.1, 0.15) is 18.1 Å². The molecule has 0 aliphatic carbocycles. The van der Waals surface area contributed by atoms with Crippen LogP contribution in [0.4, 0.5) is 5.82 Å². The molecular formula is C13H15N3O4. The minimum Gasteiger partial charge on any atom is -0.392 e. The predicted molar refractivity (Wildman–Crippen MR) is 71.4 cm³/mol. The van der Waals surface area contributed by atoms with Gasteiger partial charge in [-0.25, -0.2) is 4.79 Å². The van der Waals surface area contributed by atoms with Crippen LogP contribution in [0.25, 0.3) is 0 Å². The first-order chi connectivity index (χ1) is 9.49. The normalized spacial score (nSPS) is 32.8. The van der Waals surface area contributed by atoms with Crippen LogP contribution in [0.5, 0.6) is 0 Å². The summed E-state index contributed by atoms with van der Waals surface area (Å²) in [5, 5.41) is 19.6. The fourth-order valence-corrected chi connectivity index (χ4v) is 2.23. The SMILES string of the molecule is C#C[C@]1(CO)O[C@@H](n2ccc(N)nc2=O)[C@H](C=C)[C@@H]1O. The molecule has 0 amide bonds. The molecule has 2 heterocycles. The maximum absolute atomic E-state index is 11.8. The van der Waals surface area contributed by atoms with Crippen LogP contribution in [-0.2, 0) is 4.74 Å². The molecule has 1 aliphatic rings. The number of hydrogen-bond acceptors (Lipinski definition) is 6. The predicted octanol–water partition coefficient (Wildman–Crippen LogP) is -1.12. The zero-order valence-corrected chi connectivity index (χ0v) is 10.6. The van der Waals surface area contributed by atoms with Gasteiger partial charge in [-0.05, 0) is 6.07 Å². The van der Waals surface area contributed by atoms with Gasteiger partial charge in [-0.15, -0.1) is 13.0 Å². The molecule has 0 spiro atoms. The van der Waals surface area contributed by atoms with Gasteiger partial charge in [0.05, 0.1) is 12.5 Å². The molecule has 20 heavy (non-hydrogen) atoms. The molecule has 0 bridgehead atoms. The Morgan fingerprint density at radius 2 is 2.45 bits per heavy atom. The summed E-state index contributed by atoms with van der Waals surface area (Å²) in [6, 6.07) is 1.42. The second kappa shape index (κ2) is 5.09. The number of terminal acetylenes is 1. The first-order valence-electron chi connectivity index (χ1n) is 5.91. The number of aromatic nitrogens is 2. The number of anilines is 1. The summed E-state index contributed by atoms with van der Waals surface area (Å²) in [7, 11) is 0. The Morgan fingerprint density at radius 3 is 2.95 bits per heavy atom. The lowest BCUT2D eigenvalue weighted by Crippen LogP contribution is -2.43. The first-order valence-corrected chi connectivity index (χ1v) is 5.91. The molecule has 4 atom stereocenters. The molecule has 2 rings (SSSR count). The van der Waals surface area contributed by atoms with E-state index in [9.17, 15) is 15.0 Å². The molecule has 0 aromatic carbocycles. The Balaban J connectivity index is 2.49. The zero-order valence-electron chi connectivity index (χ0n) is 10.6. The standard InChI is InChI=1S/C13H15N3O4/c1-3-8-10(18)13(4-2,7-17)20-11(8)16-6-5-9(14)15-12(16)19/h2-3,5-6,8,10-11,17-18H,1,7H2,(H2,14,15,19)/t8-,10+,11-,13-/m1/s1. The van der Waals surface area contributed by atoms with E-state index < -0.39 is 36.1 Å². The van der Waals surface area contributed by atoms with Crippen LogP contribution >= 0.6 is 0 Å². The van der Waals surface area contributed by atoms with Crippen molar-refractivity contribution in [2.45, 2.75) is 17.9 Å². The van der Waals surface area contributed by atoms with Crippen molar-refractivity contribution in [2.75, 3.05) is 12.3 Å². The molecule has 1 aliphatic heterocycles. The van der Waals surface area contributed by atoms with Crippen molar-refractivity contribution in [1.82, 2.24) is 9.55 Å². The fraction of sp³-hybridized carbons (Fsp3) is 0.385. The molecule has 106 valence electrons. The summed E-state index contributed by atoms with van der Waals surface area (Å²) >= 11 is 0. The number of nitrogen functional groups attached to an aromatic ring is 1. The highest BCUT2D eigenvalue weighted by molar-refractivity contribution is 5.24. The monoisotopic (exact) mass is 277 g/mol. The van der Waals surface area contributed by atoms with Gasteiger partial charge in [0, 0.05) is 6.20 Å². The van der Waals surface area contributed by atoms with Crippen molar-refractivity contribution in [3.8, 4) is 12.3 Å². The number of aliphatic hydroxyl groups is 2. The molecule has 1 aromatic heterocycles. The van der Waals surface area contributed by atoms with Crippen LogP contribution in [0.2, 0.25) is 0 Å². The van der Waals surface area contributed by atoms with Crippen molar-refractivity contribution in [3.05, 3.63) is 35.4 Å². The lowest BCUT2D eigenvalue weighted by Gasteiger charge is -2.23. The van der Waals surface area contributed by atoms with Crippen LogP contribution in [0, 0.1) is 18.3 Å². The van der Waals surface area contributed by atoms with Crippen LogP contribution in [0.3, 0.4) is 0 Å². The Hall–Kier alpha value is -2.14. The quantitative estimate of drug-likeness (QED) is 0.477. The van der Waals surface area contributed by atoms with Crippen molar-refractivity contribution >= 4 is 5.82 Å². The Morgan fingerprint density at radius 1 is 1.75 bits per heavy atom. The third kappa shape index (κ3) is 2.00. The molecule has 1 saturated heterocycles. The highest BCUT2D eigenvalue weighted by atomic mass is 16.6. The van der Waals surface area contributed by atoms with Gasteiger partial charge < -0.3 is 20.7 Å². The van der Waals surface area contributed by atoms with Crippen molar-refractivity contribution in [2.24, 2.45) is 5.92 Å². The minimum atomic E-state index is -1.58. The summed E-state index contributed by atoms with van der Waals surface area (Å²) in [4.78, 5) is 15.4. The van der Waals surface area contributed by atoms with Crippen molar-refractivity contribution < 1.29 is 14.9 Å². The highest BCUT2D eigenvalue weighted by Crippen LogP contribution is 2.41. The molecule has 4 N–H and O–H groups in total. The zero-order chi connectivity index (χ0) is 14.9. The largest absolute Gasteiger partial charge is 0.392 e. The van der Waals surface area contributed by atoms with Crippen LogP contribution < -0.4 is 11.4 Å². The number of nitrogens with two attached hydrogens (primary N) is 1. The van der Waals surface area contributed by atoms with Gasteiger partial charge in [0.15, 0.2) is 5.60 Å². The number of ether oxygens (including phenoxy) is 1. The number of aliphatic hydroxyl groups excluding tert-OH is 2. The minimum absolute atomic E-state index is 0.0744. The van der Waals surface area contributed by atoms with E-state index in [2.05, 4.69) is 17.5 Å². The number of rotatable bonds is 3. The Labute approximate surface area is 115 Å². The smallest absolute Gasteiger partial charge is 0.351 e. The summed E-state index contributed by atoms with van der Waals surface area (Å²) < 4.78 is 6.70. The topological polar surface area (TPSA) is 111 Å². The molecule has 1 aromatic rings. The average molecular weight is 277 g/mol. The summed E-state index contributed by atoms with van der Waals surface area (Å²) in [5.41, 5.74) is 3.20. The van der Waals surface area contributed by atoms with E-state index in [1.165, 1.54) is 18.3 Å². The first kappa shape index (κ1) is 14.3. The molecule has 0 unspecified atom stereocenters. The molecular weight excluding hydrogens is 262 g/mol. The number of hydrogen-bond donors (Lipinski definition) is 3. The van der Waals surface area contributed by atoms with Crippen LogP contribution in [0.15, 0.2) is 29.7 Å². The lowest BCUT2D eigenvalue weighted by atomic mass is 9.91. The molecule has 7 heteroatoms. The van der Waals surface area contributed by atoms with Crippen LogP contribution in [-0.4, -0.2) is 38.1 Å². The van der Waals surface area contributed by atoms with Gasteiger partial charge in [-0.2, -0.15) is 4.98 Å². The van der Waals surface area contributed by atoms with E-state index >= 15 is 0 Å². The van der Waals surface area contributed by atoms with Gasteiger partial charge >= 0.3 is 5.69 Å². The second-order valence-electron chi connectivity index (χ2n) is 4.50. The highest BCUT2D eigenvalue weighted by Gasteiger charge is 2.53. The van der Waals surface area contributed by atoms with Gasteiger partial charge in [0.2, 0.25) is 0 Å². The van der Waals surface area contributed by atoms with Crippen molar-refractivity contribution in [3.63, 3.8) is 0 Å². The Kier molecular flexibility index (Phi) is 3.63. The Bertz CT molecular complexity index is 621. The summed E-state index contributed by atoms with van der Waals surface area (Å²) in [6.07, 6.45) is 6.05. The van der Waals surface area contributed by atoms with E-state index in [1.807, 2.05) is 0 Å². The average Bonchev–Trinajstić information content (AvgIpc) is 2.71. The van der Waals surface area contributed by atoms with Crippen LogP contribution in [0.1, 0.15) is 6.23 Å². The van der Waals surface area contributed by atoms with E-state index in [4.69, 9.17) is 16.9 Å². The third-order valence-electron chi connectivity index (χ3n) is 3.38. The van der Waals surface area contributed by atoms with E-state index in [-0.39, 0.29) is 5.82 Å². The molecule has 7 nitrogen and oxygen atoms in total. The second-order valence-corrected chi connectivity index (χ2v) is 4.50. The fourth-order valence-electron chi connectivity index (χ4n) is 2.23.